The van der Waals surface area contributed by atoms with Crippen LogP contribution in [0.5, 0.6) is 0 Å². The number of amides is 1. The number of hydrogen-bond donors (Lipinski definition) is 2. The Morgan fingerprint density at radius 1 is 1.39 bits per heavy atom. The molecular weight excluding hydrogens is 230 g/mol. The van der Waals surface area contributed by atoms with Crippen LogP contribution < -0.4 is 11.1 Å². The zero-order valence-electron chi connectivity index (χ0n) is 10.3. The van der Waals surface area contributed by atoms with Crippen LogP contribution in [-0.2, 0) is 11.3 Å². The van der Waals surface area contributed by atoms with Crippen molar-refractivity contribution >= 4 is 17.5 Å². The summed E-state index contributed by atoms with van der Waals surface area (Å²) < 4.78 is 1.39. The summed E-state index contributed by atoms with van der Waals surface area (Å²) in [5.74, 6) is -0.00265. The highest BCUT2D eigenvalue weighted by Crippen LogP contribution is 2.14. The molecule has 94 valence electrons. The van der Waals surface area contributed by atoms with E-state index in [-0.39, 0.29) is 18.4 Å². The maximum absolute atomic E-state index is 11.7. The number of nitrogens with one attached hydrogen (secondary N) is 1. The molecule has 6 nitrogen and oxygen atoms in total. The predicted octanol–water partition coefficient (Wildman–Crippen LogP) is 1.12. The van der Waals surface area contributed by atoms with E-state index in [9.17, 15) is 4.79 Å². The van der Waals surface area contributed by atoms with Crippen LogP contribution in [0.15, 0.2) is 24.5 Å². The zero-order chi connectivity index (χ0) is 13.1. The van der Waals surface area contributed by atoms with E-state index in [1.165, 1.54) is 16.6 Å². The van der Waals surface area contributed by atoms with Gasteiger partial charge in [-0.2, -0.15) is 0 Å². The van der Waals surface area contributed by atoms with Crippen LogP contribution in [0.2, 0.25) is 0 Å². The standard InChI is InChI=1S/C12H15N5O/c1-8-3-4-10(5-9(8)2)15-11(18)6-17-7-14-12(13)16-17/h3-5,7H,6H2,1-2H3,(H2,13,16)(H,15,18). The fraction of sp³-hybridized carbons (Fsp3) is 0.250. The second-order valence-corrected chi connectivity index (χ2v) is 4.15. The number of carbonyl (C=O) groups is 1. The first-order chi connectivity index (χ1) is 8.54. The lowest BCUT2D eigenvalue weighted by molar-refractivity contribution is -0.116. The number of nitrogens with two attached hydrogens (primary N) is 1. The molecule has 0 aliphatic heterocycles. The highest BCUT2D eigenvalue weighted by Gasteiger charge is 2.05. The fourth-order valence-corrected chi connectivity index (χ4v) is 1.55. The van der Waals surface area contributed by atoms with E-state index in [2.05, 4.69) is 15.4 Å². The molecule has 6 heteroatoms. The molecule has 0 unspecified atom stereocenters. The summed E-state index contributed by atoms with van der Waals surface area (Å²) >= 11 is 0. The van der Waals surface area contributed by atoms with Crippen LogP contribution in [0.25, 0.3) is 0 Å². The average Bonchev–Trinajstić information content (AvgIpc) is 2.69. The van der Waals surface area contributed by atoms with Gasteiger partial charge in [-0.1, -0.05) is 6.07 Å². The lowest BCUT2D eigenvalue weighted by Crippen LogP contribution is -2.19. The molecule has 0 radical (unpaired) electrons. The van der Waals surface area contributed by atoms with Crippen molar-refractivity contribution in [1.82, 2.24) is 14.8 Å². The van der Waals surface area contributed by atoms with Gasteiger partial charge in [0.2, 0.25) is 11.9 Å². The predicted molar refractivity (Wildman–Crippen MR) is 69.0 cm³/mol. The molecule has 0 spiro atoms. The van der Waals surface area contributed by atoms with Crippen molar-refractivity contribution in [3.63, 3.8) is 0 Å². The number of nitrogens with zero attached hydrogens (tertiary/aromatic N) is 3. The lowest BCUT2D eigenvalue weighted by atomic mass is 10.1. The van der Waals surface area contributed by atoms with Gasteiger partial charge in [0.1, 0.15) is 12.9 Å². The number of hydrogen-bond acceptors (Lipinski definition) is 4. The van der Waals surface area contributed by atoms with E-state index in [0.717, 1.165) is 11.3 Å². The first kappa shape index (κ1) is 12.1. The molecule has 1 amide bonds. The normalized spacial score (nSPS) is 10.3. The monoisotopic (exact) mass is 245 g/mol. The van der Waals surface area contributed by atoms with Crippen LogP contribution in [0.1, 0.15) is 11.1 Å². The van der Waals surface area contributed by atoms with Gasteiger partial charge in [0.25, 0.3) is 0 Å². The van der Waals surface area contributed by atoms with Gasteiger partial charge < -0.3 is 11.1 Å². The number of benzene rings is 1. The Morgan fingerprint density at radius 3 is 2.78 bits per heavy atom. The summed E-state index contributed by atoms with van der Waals surface area (Å²) in [5.41, 5.74) is 8.47. The number of aromatic nitrogens is 3. The van der Waals surface area contributed by atoms with E-state index in [0.29, 0.717) is 0 Å². The highest BCUT2D eigenvalue weighted by atomic mass is 16.2. The first-order valence-electron chi connectivity index (χ1n) is 5.56. The first-order valence-corrected chi connectivity index (χ1v) is 5.56. The minimum Gasteiger partial charge on any atom is -0.367 e. The molecule has 18 heavy (non-hydrogen) atoms. The Bertz CT molecular complexity index is 576. The molecule has 3 N–H and O–H groups in total. The van der Waals surface area contributed by atoms with Crippen molar-refractivity contribution in [2.75, 3.05) is 11.1 Å². The van der Waals surface area contributed by atoms with Gasteiger partial charge >= 0.3 is 0 Å². The van der Waals surface area contributed by atoms with Crippen molar-refractivity contribution in [3.05, 3.63) is 35.7 Å². The summed E-state index contributed by atoms with van der Waals surface area (Å²) in [6.45, 7) is 4.12. The van der Waals surface area contributed by atoms with Crippen molar-refractivity contribution in [1.29, 1.82) is 0 Å². The highest BCUT2D eigenvalue weighted by molar-refractivity contribution is 5.90. The van der Waals surface area contributed by atoms with E-state index in [4.69, 9.17) is 5.73 Å². The van der Waals surface area contributed by atoms with E-state index >= 15 is 0 Å². The Morgan fingerprint density at radius 2 is 2.17 bits per heavy atom. The Hall–Kier alpha value is -2.37. The largest absolute Gasteiger partial charge is 0.367 e. The smallest absolute Gasteiger partial charge is 0.246 e. The average molecular weight is 245 g/mol. The van der Waals surface area contributed by atoms with Crippen molar-refractivity contribution in [2.45, 2.75) is 20.4 Å². The van der Waals surface area contributed by atoms with Gasteiger partial charge in [0, 0.05) is 5.69 Å². The third kappa shape index (κ3) is 2.85. The van der Waals surface area contributed by atoms with Gasteiger partial charge in [-0.3, -0.25) is 4.79 Å². The van der Waals surface area contributed by atoms with Crippen LogP contribution >= 0.6 is 0 Å². The molecule has 0 saturated carbocycles. The van der Waals surface area contributed by atoms with Gasteiger partial charge in [0.05, 0.1) is 0 Å². The molecule has 2 rings (SSSR count). The van der Waals surface area contributed by atoms with Crippen molar-refractivity contribution in [2.24, 2.45) is 0 Å². The third-order valence-corrected chi connectivity index (χ3v) is 2.65. The minimum absolute atomic E-state index is 0.0944. The van der Waals surface area contributed by atoms with Gasteiger partial charge in [-0.05, 0) is 37.1 Å². The summed E-state index contributed by atoms with van der Waals surface area (Å²) in [5, 5.41) is 6.65. The Labute approximate surface area is 105 Å². The Balaban J connectivity index is 2.00. The molecule has 0 atom stereocenters. The van der Waals surface area contributed by atoms with Gasteiger partial charge in [-0.25, -0.2) is 9.67 Å². The van der Waals surface area contributed by atoms with E-state index in [1.54, 1.807) is 0 Å². The quantitative estimate of drug-likeness (QED) is 0.848. The molecule has 0 fully saturated rings. The third-order valence-electron chi connectivity index (χ3n) is 2.65. The van der Waals surface area contributed by atoms with Gasteiger partial charge in [-0.15, -0.1) is 5.10 Å². The fourth-order valence-electron chi connectivity index (χ4n) is 1.55. The Kier molecular flexibility index (Phi) is 3.27. The second kappa shape index (κ2) is 4.87. The van der Waals surface area contributed by atoms with E-state index < -0.39 is 0 Å². The number of aryl methyl sites for hydroxylation is 2. The second-order valence-electron chi connectivity index (χ2n) is 4.15. The molecule has 0 aliphatic rings. The van der Waals surface area contributed by atoms with Crippen molar-refractivity contribution in [3.8, 4) is 0 Å². The molecule has 2 aromatic rings. The molecular formula is C12H15N5O. The number of carbonyl (C=O) groups excluding carboxylic acids is 1. The summed E-state index contributed by atoms with van der Waals surface area (Å²) in [4.78, 5) is 15.5. The van der Waals surface area contributed by atoms with E-state index in [1.807, 2.05) is 32.0 Å². The summed E-state index contributed by atoms with van der Waals surface area (Å²) in [7, 11) is 0. The van der Waals surface area contributed by atoms with Crippen LogP contribution in [0, 0.1) is 13.8 Å². The molecule has 0 saturated heterocycles. The maximum Gasteiger partial charge on any atom is 0.246 e. The van der Waals surface area contributed by atoms with Crippen LogP contribution in [0.4, 0.5) is 11.6 Å². The number of nitrogen functional groups attached to an aromatic ring is 1. The molecule has 1 heterocycles. The minimum atomic E-state index is -0.164. The zero-order valence-corrected chi connectivity index (χ0v) is 10.3. The summed E-state index contributed by atoms with van der Waals surface area (Å²) in [6, 6.07) is 5.78. The lowest BCUT2D eigenvalue weighted by Gasteiger charge is -2.07. The topological polar surface area (TPSA) is 85.8 Å². The molecule has 0 aliphatic carbocycles. The van der Waals surface area contributed by atoms with Gasteiger partial charge in [0.15, 0.2) is 0 Å². The maximum atomic E-state index is 11.7. The number of anilines is 2. The molecule has 1 aromatic carbocycles. The molecule has 1 aromatic heterocycles. The van der Waals surface area contributed by atoms with Crippen LogP contribution in [-0.4, -0.2) is 20.7 Å². The molecule has 0 bridgehead atoms. The summed E-state index contributed by atoms with van der Waals surface area (Å²) in [6.07, 6.45) is 1.43. The number of rotatable bonds is 3. The SMILES string of the molecule is Cc1ccc(NC(=O)Cn2cnc(N)n2)cc1C. The van der Waals surface area contributed by atoms with Crippen LogP contribution in [0.3, 0.4) is 0 Å². The van der Waals surface area contributed by atoms with Crippen molar-refractivity contribution < 1.29 is 4.79 Å².